The van der Waals surface area contributed by atoms with Gasteiger partial charge in [0.2, 0.25) is 0 Å². The molecule has 0 aliphatic carbocycles. The highest BCUT2D eigenvalue weighted by molar-refractivity contribution is 7.99. The summed E-state index contributed by atoms with van der Waals surface area (Å²) < 4.78 is 1.80. The molecule has 2 heterocycles. The van der Waals surface area contributed by atoms with E-state index in [0.717, 1.165) is 11.3 Å². The van der Waals surface area contributed by atoms with E-state index in [9.17, 15) is 4.79 Å². The SMILES string of the molecule is O=C(O)C1CSC(c2cnn(-c3ccccc3)c2)N1. The average molecular weight is 275 g/mol. The maximum atomic E-state index is 10.9. The van der Waals surface area contributed by atoms with Crippen molar-refractivity contribution in [1.82, 2.24) is 15.1 Å². The van der Waals surface area contributed by atoms with Crippen LogP contribution in [-0.2, 0) is 4.79 Å². The van der Waals surface area contributed by atoms with E-state index in [-0.39, 0.29) is 5.37 Å². The Balaban J connectivity index is 1.78. The highest BCUT2D eigenvalue weighted by Crippen LogP contribution is 2.32. The molecule has 19 heavy (non-hydrogen) atoms. The van der Waals surface area contributed by atoms with Crippen molar-refractivity contribution in [2.24, 2.45) is 0 Å². The number of hydrogen-bond acceptors (Lipinski definition) is 4. The van der Waals surface area contributed by atoms with Crippen molar-refractivity contribution < 1.29 is 9.90 Å². The summed E-state index contributed by atoms with van der Waals surface area (Å²) in [6.07, 6.45) is 3.71. The number of para-hydroxylation sites is 1. The second-order valence-corrected chi connectivity index (χ2v) is 5.46. The topological polar surface area (TPSA) is 67.1 Å². The normalized spacial score (nSPS) is 22.5. The van der Waals surface area contributed by atoms with Crippen LogP contribution in [0.5, 0.6) is 0 Å². The van der Waals surface area contributed by atoms with Crippen LogP contribution in [0.3, 0.4) is 0 Å². The van der Waals surface area contributed by atoms with Crippen molar-refractivity contribution in [3.8, 4) is 5.69 Å². The second kappa shape index (κ2) is 5.07. The van der Waals surface area contributed by atoms with Crippen LogP contribution in [0.1, 0.15) is 10.9 Å². The lowest BCUT2D eigenvalue weighted by Gasteiger charge is -2.08. The van der Waals surface area contributed by atoms with Gasteiger partial charge in [-0.1, -0.05) is 18.2 Å². The molecule has 2 N–H and O–H groups in total. The first-order chi connectivity index (χ1) is 9.24. The Morgan fingerprint density at radius 1 is 1.42 bits per heavy atom. The number of carboxylic acids is 1. The fourth-order valence-corrected chi connectivity index (χ4v) is 3.20. The summed E-state index contributed by atoms with van der Waals surface area (Å²) >= 11 is 1.60. The number of nitrogens with zero attached hydrogens (tertiary/aromatic N) is 2. The summed E-state index contributed by atoms with van der Waals surface area (Å²) in [5, 5.41) is 16.4. The van der Waals surface area contributed by atoms with Crippen molar-refractivity contribution in [1.29, 1.82) is 0 Å². The van der Waals surface area contributed by atoms with Crippen LogP contribution in [0.4, 0.5) is 0 Å². The third-order valence-corrected chi connectivity index (χ3v) is 4.27. The summed E-state index contributed by atoms with van der Waals surface area (Å²) in [6, 6.07) is 9.35. The van der Waals surface area contributed by atoms with Gasteiger partial charge in [0.1, 0.15) is 6.04 Å². The van der Waals surface area contributed by atoms with E-state index in [1.807, 2.05) is 36.5 Å². The fraction of sp³-hybridized carbons (Fsp3) is 0.231. The van der Waals surface area contributed by atoms with E-state index in [4.69, 9.17) is 5.11 Å². The van der Waals surface area contributed by atoms with Gasteiger partial charge in [0, 0.05) is 17.5 Å². The highest BCUT2D eigenvalue weighted by atomic mass is 32.2. The number of aliphatic carboxylic acids is 1. The van der Waals surface area contributed by atoms with Crippen molar-refractivity contribution in [2.75, 3.05) is 5.75 Å². The molecule has 0 saturated carbocycles. The molecule has 1 fully saturated rings. The Hall–Kier alpha value is -1.79. The van der Waals surface area contributed by atoms with E-state index in [1.54, 1.807) is 22.6 Å². The van der Waals surface area contributed by atoms with Gasteiger partial charge in [-0.3, -0.25) is 10.1 Å². The number of hydrogen-bond donors (Lipinski definition) is 2. The average Bonchev–Trinajstić information content (AvgIpc) is 3.09. The zero-order valence-electron chi connectivity index (χ0n) is 10.1. The first-order valence-electron chi connectivity index (χ1n) is 5.94. The van der Waals surface area contributed by atoms with Crippen LogP contribution in [0, 0.1) is 0 Å². The summed E-state index contributed by atoms with van der Waals surface area (Å²) in [5.41, 5.74) is 1.99. The molecule has 1 aromatic carbocycles. The number of carbonyl (C=O) groups is 1. The van der Waals surface area contributed by atoms with Crippen LogP contribution in [-0.4, -0.2) is 32.7 Å². The molecule has 5 nitrogen and oxygen atoms in total. The van der Waals surface area contributed by atoms with E-state index >= 15 is 0 Å². The molecule has 3 rings (SSSR count). The number of benzene rings is 1. The Morgan fingerprint density at radius 2 is 2.21 bits per heavy atom. The monoisotopic (exact) mass is 275 g/mol. The van der Waals surface area contributed by atoms with E-state index in [1.165, 1.54) is 0 Å². The minimum atomic E-state index is -0.801. The first-order valence-corrected chi connectivity index (χ1v) is 6.99. The lowest BCUT2D eigenvalue weighted by atomic mass is 10.3. The van der Waals surface area contributed by atoms with E-state index < -0.39 is 12.0 Å². The van der Waals surface area contributed by atoms with Gasteiger partial charge < -0.3 is 5.11 Å². The molecule has 2 atom stereocenters. The zero-order valence-corrected chi connectivity index (χ0v) is 10.9. The van der Waals surface area contributed by atoms with Crippen molar-refractivity contribution in [2.45, 2.75) is 11.4 Å². The predicted octanol–water partition coefficient (Wildman–Crippen LogP) is 1.66. The number of rotatable bonds is 3. The van der Waals surface area contributed by atoms with E-state index in [2.05, 4.69) is 10.4 Å². The Bertz CT molecular complexity index is 585. The van der Waals surface area contributed by atoms with Gasteiger partial charge in [-0.2, -0.15) is 5.10 Å². The van der Waals surface area contributed by atoms with E-state index in [0.29, 0.717) is 5.75 Å². The quantitative estimate of drug-likeness (QED) is 0.891. The van der Waals surface area contributed by atoms with Crippen LogP contribution >= 0.6 is 11.8 Å². The molecule has 98 valence electrons. The molecule has 6 heteroatoms. The van der Waals surface area contributed by atoms with Crippen LogP contribution < -0.4 is 5.32 Å². The summed E-state index contributed by atoms with van der Waals surface area (Å²) in [7, 11) is 0. The van der Waals surface area contributed by atoms with Crippen LogP contribution in [0.15, 0.2) is 42.7 Å². The third kappa shape index (κ3) is 2.50. The van der Waals surface area contributed by atoms with Gasteiger partial charge in [0.25, 0.3) is 0 Å². The summed E-state index contributed by atoms with van der Waals surface area (Å²) in [6.45, 7) is 0. The van der Waals surface area contributed by atoms with Gasteiger partial charge in [-0.25, -0.2) is 4.68 Å². The molecule has 1 aromatic heterocycles. The smallest absolute Gasteiger partial charge is 0.321 e. The lowest BCUT2D eigenvalue weighted by Crippen LogP contribution is -2.33. The van der Waals surface area contributed by atoms with Crippen LogP contribution in [0.25, 0.3) is 5.69 Å². The number of aromatic nitrogens is 2. The molecule has 0 amide bonds. The van der Waals surface area contributed by atoms with Crippen LogP contribution in [0.2, 0.25) is 0 Å². The molecule has 0 bridgehead atoms. The molecule has 1 saturated heterocycles. The first kappa shape index (κ1) is 12.3. The van der Waals surface area contributed by atoms with Gasteiger partial charge in [0.05, 0.1) is 17.3 Å². The highest BCUT2D eigenvalue weighted by Gasteiger charge is 2.30. The summed E-state index contributed by atoms with van der Waals surface area (Å²) in [5.74, 6) is -0.221. The largest absolute Gasteiger partial charge is 0.480 e. The molecule has 0 spiro atoms. The molecule has 2 aromatic rings. The van der Waals surface area contributed by atoms with Gasteiger partial charge in [-0.05, 0) is 12.1 Å². The van der Waals surface area contributed by atoms with Gasteiger partial charge in [0.15, 0.2) is 0 Å². The number of carboxylic acid groups (broad SMARTS) is 1. The second-order valence-electron chi connectivity index (χ2n) is 4.32. The van der Waals surface area contributed by atoms with Gasteiger partial charge >= 0.3 is 5.97 Å². The lowest BCUT2D eigenvalue weighted by molar-refractivity contribution is -0.138. The van der Waals surface area contributed by atoms with Crippen molar-refractivity contribution in [3.05, 3.63) is 48.3 Å². The number of thioether (sulfide) groups is 1. The molecule has 1 aliphatic rings. The Kier molecular flexibility index (Phi) is 3.27. The van der Waals surface area contributed by atoms with Gasteiger partial charge in [-0.15, -0.1) is 11.8 Å². The predicted molar refractivity (Wildman–Crippen MR) is 73.3 cm³/mol. The zero-order chi connectivity index (χ0) is 13.2. The molecule has 1 aliphatic heterocycles. The maximum Gasteiger partial charge on any atom is 0.321 e. The molecule has 2 unspecified atom stereocenters. The fourth-order valence-electron chi connectivity index (χ4n) is 2.00. The third-order valence-electron chi connectivity index (χ3n) is 3.01. The standard InChI is InChI=1S/C13H13N3O2S/c17-13(18)11-8-19-12(15-11)9-6-14-16(7-9)10-4-2-1-3-5-10/h1-7,11-12,15H,8H2,(H,17,18). The Morgan fingerprint density at radius 3 is 2.89 bits per heavy atom. The summed E-state index contributed by atoms with van der Waals surface area (Å²) in [4.78, 5) is 10.9. The maximum absolute atomic E-state index is 10.9. The molecule has 0 radical (unpaired) electrons. The van der Waals surface area contributed by atoms with Crippen molar-refractivity contribution in [3.63, 3.8) is 0 Å². The molecular formula is C13H13N3O2S. The minimum absolute atomic E-state index is 0.00133. The minimum Gasteiger partial charge on any atom is -0.480 e. The number of nitrogens with one attached hydrogen (secondary N) is 1. The Labute approximate surface area is 114 Å². The van der Waals surface area contributed by atoms with Crippen molar-refractivity contribution >= 4 is 17.7 Å². The molecular weight excluding hydrogens is 262 g/mol.